The van der Waals surface area contributed by atoms with Gasteiger partial charge in [0.25, 0.3) is 5.91 Å². The molecule has 1 atom stereocenters. The average molecular weight is 287 g/mol. The van der Waals surface area contributed by atoms with Crippen LogP contribution in [0.15, 0.2) is 24.4 Å². The first-order valence-corrected chi connectivity index (χ1v) is 5.73. The highest BCUT2D eigenvalue weighted by molar-refractivity contribution is 6.05. The van der Waals surface area contributed by atoms with Gasteiger partial charge in [-0.05, 0) is 6.07 Å². The number of hydrogen-bond donors (Lipinski definition) is 2. The van der Waals surface area contributed by atoms with Crippen molar-refractivity contribution in [3.8, 4) is 0 Å². The number of alkyl halides is 3. The molecule has 0 aliphatic heterocycles. The van der Waals surface area contributed by atoms with E-state index in [1.165, 1.54) is 19.3 Å². The van der Waals surface area contributed by atoms with Crippen molar-refractivity contribution in [3.05, 3.63) is 30.0 Å². The lowest BCUT2D eigenvalue weighted by atomic mass is 10.1. The predicted molar refractivity (Wildman–Crippen MR) is 65.1 cm³/mol. The topological polar surface area (TPSA) is 69.2 Å². The van der Waals surface area contributed by atoms with Crippen LogP contribution in [-0.2, 0) is 0 Å². The summed E-state index contributed by atoms with van der Waals surface area (Å²) >= 11 is 0. The van der Waals surface area contributed by atoms with E-state index in [2.05, 4.69) is 10.2 Å². The fourth-order valence-electron chi connectivity index (χ4n) is 1.80. The second kappa shape index (κ2) is 5.12. The van der Waals surface area contributed by atoms with Gasteiger partial charge in [0.2, 0.25) is 0 Å². The second-order valence-corrected chi connectivity index (χ2v) is 4.38. The smallest absolute Gasteiger partial charge is 0.382 e. The van der Waals surface area contributed by atoms with E-state index in [0.29, 0.717) is 10.9 Å². The summed E-state index contributed by atoms with van der Waals surface area (Å²) in [7, 11) is 1.20. The van der Waals surface area contributed by atoms with Gasteiger partial charge in [-0.3, -0.25) is 9.89 Å². The minimum atomic E-state index is -4.76. The lowest BCUT2D eigenvalue weighted by Gasteiger charge is -2.22. The molecule has 0 radical (unpaired) electrons. The third-order valence-electron chi connectivity index (χ3n) is 2.88. The van der Waals surface area contributed by atoms with Crippen molar-refractivity contribution in [1.29, 1.82) is 0 Å². The van der Waals surface area contributed by atoms with Gasteiger partial charge < -0.3 is 10.0 Å². The van der Waals surface area contributed by atoms with Gasteiger partial charge >= 0.3 is 6.18 Å². The van der Waals surface area contributed by atoms with Gasteiger partial charge in [-0.25, -0.2) is 0 Å². The van der Waals surface area contributed by atoms with Crippen molar-refractivity contribution >= 4 is 16.8 Å². The molecule has 0 aliphatic carbocycles. The normalized spacial score (nSPS) is 13.4. The maximum atomic E-state index is 12.3. The molecule has 0 spiro atoms. The van der Waals surface area contributed by atoms with Crippen LogP contribution in [0.3, 0.4) is 0 Å². The summed E-state index contributed by atoms with van der Waals surface area (Å²) in [6.07, 6.45) is -5.82. The standard InChI is InChI=1S/C12H12F3N3O2/c1-18(6-9(19)12(13,14)15)11(20)8-4-2-3-7-5-16-17-10(7)8/h2-5,9,19H,6H2,1H3,(H,16,17). The number of carbonyl (C=O) groups is 1. The van der Waals surface area contributed by atoms with Gasteiger partial charge in [0, 0.05) is 12.4 Å². The molecule has 5 nitrogen and oxygen atoms in total. The molecule has 2 N–H and O–H groups in total. The summed E-state index contributed by atoms with van der Waals surface area (Å²) < 4.78 is 36.8. The van der Waals surface area contributed by atoms with Crippen molar-refractivity contribution in [1.82, 2.24) is 15.1 Å². The molecule has 1 amide bonds. The molecule has 2 rings (SSSR count). The zero-order chi connectivity index (χ0) is 14.9. The molecule has 0 fully saturated rings. The number of nitrogens with one attached hydrogen (secondary N) is 1. The number of carbonyl (C=O) groups excluding carboxylic acids is 1. The van der Waals surface area contributed by atoms with Gasteiger partial charge in [-0.1, -0.05) is 12.1 Å². The first-order valence-electron chi connectivity index (χ1n) is 5.73. The quantitative estimate of drug-likeness (QED) is 0.900. The van der Waals surface area contributed by atoms with Gasteiger partial charge in [0.05, 0.1) is 23.8 Å². The maximum absolute atomic E-state index is 12.3. The largest absolute Gasteiger partial charge is 0.416 e. The van der Waals surface area contributed by atoms with Crippen LogP contribution in [0.2, 0.25) is 0 Å². The first kappa shape index (κ1) is 14.3. The number of aromatic amines is 1. The Bertz CT molecular complexity index is 624. The van der Waals surface area contributed by atoms with E-state index >= 15 is 0 Å². The molecule has 1 heterocycles. The lowest BCUT2D eigenvalue weighted by Crippen LogP contribution is -2.41. The minimum Gasteiger partial charge on any atom is -0.382 e. The number of benzene rings is 1. The number of nitrogens with zero attached hydrogens (tertiary/aromatic N) is 2. The molecule has 20 heavy (non-hydrogen) atoms. The summed E-state index contributed by atoms with van der Waals surface area (Å²) in [5.41, 5.74) is 0.655. The third kappa shape index (κ3) is 2.74. The molecular weight excluding hydrogens is 275 g/mol. The van der Waals surface area contributed by atoms with Crippen molar-refractivity contribution in [2.75, 3.05) is 13.6 Å². The van der Waals surface area contributed by atoms with Crippen LogP contribution in [0, 0.1) is 0 Å². The zero-order valence-corrected chi connectivity index (χ0v) is 10.5. The fourth-order valence-corrected chi connectivity index (χ4v) is 1.80. The van der Waals surface area contributed by atoms with E-state index in [9.17, 15) is 18.0 Å². The molecule has 0 bridgehead atoms. The molecule has 1 aromatic heterocycles. The van der Waals surface area contributed by atoms with Gasteiger partial charge in [-0.15, -0.1) is 0 Å². The monoisotopic (exact) mass is 287 g/mol. The number of hydrogen-bond acceptors (Lipinski definition) is 3. The van der Waals surface area contributed by atoms with E-state index in [0.717, 1.165) is 4.90 Å². The Hall–Kier alpha value is -2.09. The molecule has 1 aromatic carbocycles. The van der Waals surface area contributed by atoms with Gasteiger partial charge in [-0.2, -0.15) is 18.3 Å². The van der Waals surface area contributed by atoms with Crippen molar-refractivity contribution in [2.45, 2.75) is 12.3 Å². The van der Waals surface area contributed by atoms with Gasteiger partial charge in [0.1, 0.15) is 0 Å². The van der Waals surface area contributed by atoms with Gasteiger partial charge in [0.15, 0.2) is 6.10 Å². The number of amides is 1. The highest BCUT2D eigenvalue weighted by Crippen LogP contribution is 2.22. The molecule has 0 saturated heterocycles. The molecule has 0 saturated carbocycles. The van der Waals surface area contributed by atoms with Crippen LogP contribution in [0.4, 0.5) is 13.2 Å². The molecule has 2 aromatic rings. The summed E-state index contributed by atoms with van der Waals surface area (Å²) in [6.45, 7) is -0.827. The minimum absolute atomic E-state index is 0.205. The molecular formula is C12H12F3N3O2. The van der Waals surface area contributed by atoms with E-state index in [1.807, 2.05) is 0 Å². The van der Waals surface area contributed by atoms with Crippen LogP contribution in [-0.4, -0.2) is 52.0 Å². The third-order valence-corrected chi connectivity index (χ3v) is 2.88. The van der Waals surface area contributed by atoms with E-state index in [1.54, 1.807) is 12.1 Å². The van der Waals surface area contributed by atoms with Crippen LogP contribution in [0.25, 0.3) is 10.9 Å². The Balaban J connectivity index is 2.21. The van der Waals surface area contributed by atoms with Crippen molar-refractivity contribution in [3.63, 3.8) is 0 Å². The summed E-state index contributed by atoms with van der Waals surface area (Å²) in [5.74, 6) is -0.622. The summed E-state index contributed by atoms with van der Waals surface area (Å²) in [6, 6.07) is 4.82. The summed E-state index contributed by atoms with van der Waals surface area (Å²) in [4.78, 5) is 12.9. The number of para-hydroxylation sites is 1. The number of halogens is 3. The number of likely N-dealkylation sites (N-methyl/N-ethyl adjacent to an activating group) is 1. The molecule has 8 heteroatoms. The molecule has 1 unspecified atom stereocenters. The predicted octanol–water partition coefficient (Wildman–Crippen LogP) is 1.56. The highest BCUT2D eigenvalue weighted by atomic mass is 19.4. The zero-order valence-electron chi connectivity index (χ0n) is 10.5. The number of fused-ring (bicyclic) bond motifs is 1. The fraction of sp³-hybridized carbons (Fsp3) is 0.333. The van der Waals surface area contributed by atoms with Crippen molar-refractivity contribution < 1.29 is 23.1 Å². The van der Waals surface area contributed by atoms with Crippen LogP contribution in [0.5, 0.6) is 0 Å². The van der Waals surface area contributed by atoms with E-state index < -0.39 is 24.7 Å². The Morgan fingerprint density at radius 2 is 2.20 bits per heavy atom. The van der Waals surface area contributed by atoms with Crippen LogP contribution >= 0.6 is 0 Å². The number of aliphatic hydroxyl groups is 1. The number of aliphatic hydroxyl groups excluding tert-OH is 1. The summed E-state index contributed by atoms with van der Waals surface area (Å²) in [5, 5.41) is 16.1. The molecule has 108 valence electrons. The van der Waals surface area contributed by atoms with E-state index in [-0.39, 0.29) is 5.56 Å². The van der Waals surface area contributed by atoms with Crippen LogP contribution in [0.1, 0.15) is 10.4 Å². The second-order valence-electron chi connectivity index (χ2n) is 4.38. The Morgan fingerprint density at radius 1 is 1.50 bits per heavy atom. The molecule has 0 aliphatic rings. The SMILES string of the molecule is CN(CC(O)C(F)(F)F)C(=O)c1cccc2cn[nH]c12. The number of aromatic nitrogens is 2. The highest BCUT2D eigenvalue weighted by Gasteiger charge is 2.39. The lowest BCUT2D eigenvalue weighted by molar-refractivity contribution is -0.205. The Kier molecular flexibility index (Phi) is 3.67. The average Bonchev–Trinajstić information content (AvgIpc) is 2.84. The number of H-pyrrole nitrogens is 1. The maximum Gasteiger partial charge on any atom is 0.416 e. The van der Waals surface area contributed by atoms with Crippen molar-refractivity contribution in [2.24, 2.45) is 0 Å². The Morgan fingerprint density at radius 3 is 2.85 bits per heavy atom. The first-order chi connectivity index (χ1) is 9.30. The Labute approximate surface area is 112 Å². The number of rotatable bonds is 3. The van der Waals surface area contributed by atoms with Crippen LogP contribution < -0.4 is 0 Å². The van der Waals surface area contributed by atoms with E-state index in [4.69, 9.17) is 5.11 Å².